The van der Waals surface area contributed by atoms with Crippen LogP contribution < -0.4 is 11.1 Å². The molecule has 3 N–H and O–H groups in total. The molecule has 0 aliphatic rings. The molecule has 0 aromatic carbocycles. The van der Waals surface area contributed by atoms with Gasteiger partial charge in [0.15, 0.2) is 0 Å². The Labute approximate surface area is 130 Å². The molecule has 2 aromatic rings. The monoisotopic (exact) mass is 322 g/mol. The predicted octanol–water partition coefficient (Wildman–Crippen LogP) is 2.18. The van der Waals surface area contributed by atoms with Gasteiger partial charge in [-0.25, -0.2) is 4.79 Å². The van der Waals surface area contributed by atoms with Crippen LogP contribution in [0.25, 0.3) is 0 Å². The average Bonchev–Trinajstić information content (AvgIpc) is 3.06. The largest absolute Gasteiger partial charge is 0.462 e. The third-order valence-corrected chi connectivity index (χ3v) is 3.65. The number of anilines is 1. The van der Waals surface area contributed by atoms with Gasteiger partial charge in [-0.3, -0.25) is 14.9 Å². The van der Waals surface area contributed by atoms with Gasteiger partial charge < -0.3 is 14.9 Å². The first-order chi connectivity index (χ1) is 10.5. The topological polar surface area (TPSA) is 112 Å². The van der Waals surface area contributed by atoms with Crippen LogP contribution in [0.5, 0.6) is 0 Å². The lowest BCUT2D eigenvalue weighted by Crippen LogP contribution is -2.20. The standard InChI is InChI=1S/C14H14N2O5S/c1-3-20-14(19)9-7(2)21-13(10(9)11(15)17)16-12(18)8-5-4-6-22-8/h4-6H,3H2,1-2H3,(H2,15,17)(H,16,18). The van der Waals surface area contributed by atoms with E-state index in [1.807, 2.05) is 0 Å². The van der Waals surface area contributed by atoms with Crippen LogP contribution in [0.3, 0.4) is 0 Å². The number of ether oxygens (including phenoxy) is 1. The van der Waals surface area contributed by atoms with Crippen LogP contribution in [-0.2, 0) is 4.74 Å². The number of thiophene rings is 1. The minimum Gasteiger partial charge on any atom is -0.462 e. The molecule has 0 bridgehead atoms. The Morgan fingerprint density at radius 2 is 2.09 bits per heavy atom. The maximum absolute atomic E-state index is 12.0. The highest BCUT2D eigenvalue weighted by Crippen LogP contribution is 2.28. The molecule has 8 heteroatoms. The summed E-state index contributed by atoms with van der Waals surface area (Å²) in [5, 5.41) is 4.19. The van der Waals surface area contributed by atoms with Crippen molar-refractivity contribution in [1.82, 2.24) is 0 Å². The molecule has 0 aliphatic carbocycles. The highest BCUT2D eigenvalue weighted by atomic mass is 32.1. The highest BCUT2D eigenvalue weighted by molar-refractivity contribution is 7.12. The number of nitrogens with two attached hydrogens (primary N) is 1. The van der Waals surface area contributed by atoms with Crippen molar-refractivity contribution in [3.05, 3.63) is 39.3 Å². The summed E-state index contributed by atoms with van der Waals surface area (Å²) in [4.78, 5) is 36.0. The van der Waals surface area contributed by atoms with Crippen molar-refractivity contribution in [1.29, 1.82) is 0 Å². The van der Waals surface area contributed by atoms with Gasteiger partial charge in [0.2, 0.25) is 5.88 Å². The van der Waals surface area contributed by atoms with Crippen LogP contribution in [0.15, 0.2) is 21.9 Å². The number of aryl methyl sites for hydroxylation is 1. The number of esters is 1. The van der Waals surface area contributed by atoms with E-state index < -0.39 is 17.8 Å². The van der Waals surface area contributed by atoms with Crippen LogP contribution >= 0.6 is 11.3 Å². The minimum atomic E-state index is -0.888. The van der Waals surface area contributed by atoms with Crippen molar-refractivity contribution in [3.63, 3.8) is 0 Å². The van der Waals surface area contributed by atoms with Crippen molar-refractivity contribution in [2.45, 2.75) is 13.8 Å². The Hall–Kier alpha value is -2.61. The van der Waals surface area contributed by atoms with Crippen molar-refractivity contribution < 1.29 is 23.5 Å². The Bertz CT molecular complexity index is 718. The molecule has 116 valence electrons. The lowest BCUT2D eigenvalue weighted by molar-refractivity contribution is 0.0521. The molecule has 0 unspecified atom stereocenters. The molecule has 0 spiro atoms. The second kappa shape index (κ2) is 6.44. The molecule has 0 saturated carbocycles. The Morgan fingerprint density at radius 1 is 1.36 bits per heavy atom. The smallest absolute Gasteiger partial charge is 0.342 e. The maximum Gasteiger partial charge on any atom is 0.342 e. The fourth-order valence-electron chi connectivity index (χ4n) is 1.89. The summed E-state index contributed by atoms with van der Waals surface area (Å²) in [6, 6.07) is 3.33. The van der Waals surface area contributed by atoms with Crippen LogP contribution in [0.2, 0.25) is 0 Å². The van der Waals surface area contributed by atoms with E-state index >= 15 is 0 Å². The van der Waals surface area contributed by atoms with E-state index in [4.69, 9.17) is 14.9 Å². The number of amides is 2. The lowest BCUT2D eigenvalue weighted by Gasteiger charge is -2.03. The SMILES string of the molecule is CCOC(=O)c1c(C)oc(NC(=O)c2cccs2)c1C(N)=O. The number of furan rings is 1. The zero-order valence-electron chi connectivity index (χ0n) is 12.0. The third kappa shape index (κ3) is 3.01. The number of carbonyl (C=O) groups excluding carboxylic acids is 3. The van der Waals surface area contributed by atoms with Gasteiger partial charge in [0, 0.05) is 0 Å². The number of primary amides is 1. The summed E-state index contributed by atoms with van der Waals surface area (Å²) in [6.07, 6.45) is 0. The lowest BCUT2D eigenvalue weighted by atomic mass is 10.1. The quantitative estimate of drug-likeness (QED) is 0.819. The number of nitrogens with one attached hydrogen (secondary N) is 1. The molecular formula is C14H14N2O5S. The summed E-state index contributed by atoms with van der Waals surface area (Å²) in [6.45, 7) is 3.26. The Balaban J connectivity index is 2.40. The van der Waals surface area contributed by atoms with E-state index in [0.29, 0.717) is 4.88 Å². The van der Waals surface area contributed by atoms with E-state index in [-0.39, 0.29) is 29.4 Å². The van der Waals surface area contributed by atoms with Gasteiger partial charge in [0.05, 0.1) is 11.5 Å². The number of carbonyl (C=O) groups is 3. The maximum atomic E-state index is 12.0. The second-order valence-electron chi connectivity index (χ2n) is 4.25. The van der Waals surface area contributed by atoms with Gasteiger partial charge in [-0.05, 0) is 25.3 Å². The zero-order valence-corrected chi connectivity index (χ0v) is 12.8. The third-order valence-electron chi connectivity index (χ3n) is 2.78. The molecule has 0 radical (unpaired) electrons. The van der Waals surface area contributed by atoms with Crippen molar-refractivity contribution in [3.8, 4) is 0 Å². The molecule has 2 heterocycles. The highest BCUT2D eigenvalue weighted by Gasteiger charge is 2.29. The fourth-order valence-corrected chi connectivity index (χ4v) is 2.51. The number of rotatable bonds is 5. The predicted molar refractivity (Wildman–Crippen MR) is 80.2 cm³/mol. The van der Waals surface area contributed by atoms with Gasteiger partial charge in [-0.15, -0.1) is 11.3 Å². The molecule has 2 aromatic heterocycles. The first kappa shape index (κ1) is 15.8. The number of hydrogen-bond acceptors (Lipinski definition) is 6. The normalized spacial score (nSPS) is 10.3. The van der Waals surface area contributed by atoms with Crippen LogP contribution in [0, 0.1) is 6.92 Å². The first-order valence-corrected chi connectivity index (χ1v) is 7.28. The first-order valence-electron chi connectivity index (χ1n) is 6.40. The summed E-state index contributed by atoms with van der Waals surface area (Å²) in [5.74, 6) is -2.09. The summed E-state index contributed by atoms with van der Waals surface area (Å²) in [5.41, 5.74) is 5.03. The van der Waals surface area contributed by atoms with Crippen molar-refractivity contribution in [2.75, 3.05) is 11.9 Å². The minimum absolute atomic E-state index is 0.0733. The molecule has 7 nitrogen and oxygen atoms in total. The molecule has 0 atom stereocenters. The van der Waals surface area contributed by atoms with Gasteiger partial charge in [0.1, 0.15) is 16.9 Å². The van der Waals surface area contributed by atoms with Gasteiger partial charge in [0.25, 0.3) is 11.8 Å². The fraction of sp³-hybridized carbons (Fsp3) is 0.214. The van der Waals surface area contributed by atoms with E-state index in [1.54, 1.807) is 24.4 Å². The van der Waals surface area contributed by atoms with E-state index in [0.717, 1.165) is 0 Å². The van der Waals surface area contributed by atoms with E-state index in [2.05, 4.69) is 5.32 Å². The molecule has 0 saturated heterocycles. The number of hydrogen-bond donors (Lipinski definition) is 2. The van der Waals surface area contributed by atoms with Crippen LogP contribution in [0.4, 0.5) is 5.88 Å². The molecule has 2 rings (SSSR count). The van der Waals surface area contributed by atoms with Gasteiger partial charge in [-0.2, -0.15) is 0 Å². The van der Waals surface area contributed by atoms with E-state index in [1.165, 1.54) is 18.3 Å². The summed E-state index contributed by atoms with van der Waals surface area (Å²) >= 11 is 1.23. The average molecular weight is 322 g/mol. The summed E-state index contributed by atoms with van der Waals surface area (Å²) < 4.78 is 10.2. The van der Waals surface area contributed by atoms with Crippen molar-refractivity contribution >= 4 is 35.0 Å². The molecule has 0 aliphatic heterocycles. The van der Waals surface area contributed by atoms with Gasteiger partial charge in [-0.1, -0.05) is 6.07 Å². The van der Waals surface area contributed by atoms with Gasteiger partial charge >= 0.3 is 5.97 Å². The molecule has 0 fully saturated rings. The van der Waals surface area contributed by atoms with Crippen LogP contribution in [0.1, 0.15) is 43.1 Å². The van der Waals surface area contributed by atoms with Crippen molar-refractivity contribution in [2.24, 2.45) is 5.73 Å². The Kier molecular flexibility index (Phi) is 4.62. The Morgan fingerprint density at radius 3 is 2.64 bits per heavy atom. The molecule has 22 heavy (non-hydrogen) atoms. The second-order valence-corrected chi connectivity index (χ2v) is 5.20. The van der Waals surface area contributed by atoms with E-state index in [9.17, 15) is 14.4 Å². The summed E-state index contributed by atoms with van der Waals surface area (Å²) in [7, 11) is 0. The molecular weight excluding hydrogens is 308 g/mol. The van der Waals surface area contributed by atoms with Crippen LogP contribution in [-0.4, -0.2) is 24.4 Å². The molecule has 2 amide bonds. The zero-order chi connectivity index (χ0) is 16.3.